The zero-order valence-electron chi connectivity index (χ0n) is 17.0. The average Bonchev–Trinajstić information content (AvgIpc) is 3.22. The Bertz CT molecular complexity index is 779. The molecule has 1 unspecified atom stereocenters. The lowest BCUT2D eigenvalue weighted by molar-refractivity contribution is -0.0949. The van der Waals surface area contributed by atoms with Gasteiger partial charge in [-0.1, -0.05) is 17.3 Å². The van der Waals surface area contributed by atoms with Crippen LogP contribution in [0.3, 0.4) is 0 Å². The van der Waals surface area contributed by atoms with Gasteiger partial charge >= 0.3 is 0 Å². The SMILES string of the molecule is COc1cccc(-c2cc(CC3(O)CCN(CCC4COCCO4)CC3)on2)c1. The third-order valence-corrected chi connectivity index (χ3v) is 5.87. The normalized spacial score (nSPS) is 22.5. The fraction of sp³-hybridized carbons (Fsp3) is 0.591. The van der Waals surface area contributed by atoms with Gasteiger partial charge in [0, 0.05) is 37.7 Å². The molecule has 1 aromatic carbocycles. The molecule has 1 N–H and O–H groups in total. The van der Waals surface area contributed by atoms with Crippen LogP contribution in [-0.4, -0.2) is 73.4 Å². The molecule has 0 bridgehead atoms. The first-order valence-corrected chi connectivity index (χ1v) is 10.4. The third-order valence-electron chi connectivity index (χ3n) is 5.87. The second-order valence-corrected chi connectivity index (χ2v) is 8.01. The maximum Gasteiger partial charge on any atom is 0.140 e. The Labute approximate surface area is 171 Å². The van der Waals surface area contributed by atoms with E-state index in [0.29, 0.717) is 32.0 Å². The van der Waals surface area contributed by atoms with Gasteiger partial charge < -0.3 is 28.7 Å². The molecule has 2 aliphatic heterocycles. The summed E-state index contributed by atoms with van der Waals surface area (Å²) in [6, 6.07) is 9.64. The van der Waals surface area contributed by atoms with E-state index in [4.69, 9.17) is 18.7 Å². The van der Waals surface area contributed by atoms with Gasteiger partial charge in [0.1, 0.15) is 17.2 Å². The van der Waals surface area contributed by atoms with Crippen LogP contribution >= 0.6 is 0 Å². The predicted octanol–water partition coefficient (Wildman–Crippen LogP) is 2.53. The summed E-state index contributed by atoms with van der Waals surface area (Å²) in [5.41, 5.74) is 0.955. The summed E-state index contributed by atoms with van der Waals surface area (Å²) >= 11 is 0. The minimum Gasteiger partial charge on any atom is -0.497 e. The van der Waals surface area contributed by atoms with Crippen LogP contribution in [0.25, 0.3) is 11.3 Å². The van der Waals surface area contributed by atoms with Crippen molar-refractivity contribution in [1.29, 1.82) is 0 Å². The summed E-state index contributed by atoms with van der Waals surface area (Å²) in [7, 11) is 1.64. The molecule has 2 fully saturated rings. The van der Waals surface area contributed by atoms with Crippen LogP contribution in [0.2, 0.25) is 0 Å². The number of hydrogen-bond donors (Lipinski definition) is 1. The van der Waals surface area contributed by atoms with E-state index in [2.05, 4.69) is 10.1 Å². The first-order valence-electron chi connectivity index (χ1n) is 10.4. The van der Waals surface area contributed by atoms with Gasteiger partial charge in [-0.05, 0) is 31.4 Å². The van der Waals surface area contributed by atoms with Gasteiger partial charge in [0.2, 0.25) is 0 Å². The van der Waals surface area contributed by atoms with Gasteiger partial charge in [0.05, 0.1) is 38.6 Å². The molecule has 2 aliphatic rings. The predicted molar refractivity (Wildman–Crippen MR) is 108 cm³/mol. The zero-order chi connectivity index (χ0) is 20.1. The van der Waals surface area contributed by atoms with Crippen molar-refractivity contribution in [3.05, 3.63) is 36.1 Å². The van der Waals surface area contributed by atoms with Gasteiger partial charge in [-0.3, -0.25) is 0 Å². The molecule has 29 heavy (non-hydrogen) atoms. The molecule has 2 aromatic rings. The van der Waals surface area contributed by atoms with E-state index in [1.807, 2.05) is 30.3 Å². The lowest BCUT2D eigenvalue weighted by Gasteiger charge is -2.38. The van der Waals surface area contributed by atoms with E-state index in [9.17, 15) is 5.11 Å². The van der Waals surface area contributed by atoms with Crippen molar-refractivity contribution in [3.8, 4) is 17.0 Å². The van der Waals surface area contributed by atoms with Crippen molar-refractivity contribution in [2.45, 2.75) is 37.4 Å². The minimum atomic E-state index is -0.744. The second kappa shape index (κ2) is 9.26. The summed E-state index contributed by atoms with van der Waals surface area (Å²) in [6.45, 7) is 4.82. The number of ether oxygens (including phenoxy) is 3. The van der Waals surface area contributed by atoms with Crippen LogP contribution in [0, 0.1) is 0 Å². The number of rotatable bonds is 7. The van der Waals surface area contributed by atoms with Gasteiger partial charge in [-0.15, -0.1) is 0 Å². The number of nitrogens with zero attached hydrogens (tertiary/aromatic N) is 2. The van der Waals surface area contributed by atoms with E-state index in [0.717, 1.165) is 55.9 Å². The van der Waals surface area contributed by atoms with Gasteiger partial charge in [0.25, 0.3) is 0 Å². The first kappa shape index (κ1) is 20.3. The Hall–Kier alpha value is -1.93. The average molecular weight is 402 g/mol. The summed E-state index contributed by atoms with van der Waals surface area (Å²) < 4.78 is 22.0. The van der Waals surface area contributed by atoms with Crippen LogP contribution in [0.1, 0.15) is 25.0 Å². The van der Waals surface area contributed by atoms with Crippen molar-refractivity contribution < 1.29 is 23.8 Å². The minimum absolute atomic E-state index is 0.203. The maximum atomic E-state index is 11.0. The molecule has 2 saturated heterocycles. The topological polar surface area (TPSA) is 77.2 Å². The smallest absolute Gasteiger partial charge is 0.140 e. The molecular formula is C22H30N2O5. The molecule has 1 atom stereocenters. The molecule has 0 amide bonds. The molecule has 0 radical (unpaired) electrons. The molecule has 0 aliphatic carbocycles. The Morgan fingerprint density at radius 3 is 2.86 bits per heavy atom. The highest BCUT2D eigenvalue weighted by Gasteiger charge is 2.34. The number of likely N-dealkylation sites (tertiary alicyclic amines) is 1. The summed E-state index contributed by atoms with van der Waals surface area (Å²) in [5, 5.41) is 15.2. The number of aromatic nitrogens is 1. The molecule has 7 heteroatoms. The van der Waals surface area contributed by atoms with E-state index < -0.39 is 5.60 Å². The number of piperidine rings is 1. The van der Waals surface area contributed by atoms with Crippen molar-refractivity contribution in [3.63, 3.8) is 0 Å². The lowest BCUT2D eigenvalue weighted by Crippen LogP contribution is -2.46. The Morgan fingerprint density at radius 1 is 1.24 bits per heavy atom. The van der Waals surface area contributed by atoms with Crippen LogP contribution in [-0.2, 0) is 15.9 Å². The molecule has 1 aromatic heterocycles. The molecule has 4 rings (SSSR count). The number of methoxy groups -OCH3 is 1. The Morgan fingerprint density at radius 2 is 2.10 bits per heavy atom. The van der Waals surface area contributed by atoms with Crippen LogP contribution in [0.4, 0.5) is 0 Å². The van der Waals surface area contributed by atoms with Crippen molar-refractivity contribution in [1.82, 2.24) is 10.1 Å². The quantitative estimate of drug-likeness (QED) is 0.762. The van der Waals surface area contributed by atoms with Gasteiger partial charge in [-0.2, -0.15) is 0 Å². The number of hydrogen-bond acceptors (Lipinski definition) is 7. The second-order valence-electron chi connectivity index (χ2n) is 8.01. The van der Waals surface area contributed by atoms with Crippen LogP contribution in [0.15, 0.2) is 34.9 Å². The molecule has 7 nitrogen and oxygen atoms in total. The highest BCUT2D eigenvalue weighted by Crippen LogP contribution is 2.29. The van der Waals surface area contributed by atoms with Gasteiger partial charge in [0.15, 0.2) is 0 Å². The lowest BCUT2D eigenvalue weighted by atomic mass is 9.87. The fourth-order valence-corrected chi connectivity index (χ4v) is 4.04. The first-order chi connectivity index (χ1) is 14.1. The van der Waals surface area contributed by atoms with Gasteiger partial charge in [-0.25, -0.2) is 0 Å². The highest BCUT2D eigenvalue weighted by atomic mass is 16.6. The molecule has 158 valence electrons. The molecule has 3 heterocycles. The largest absolute Gasteiger partial charge is 0.497 e. The molecular weight excluding hydrogens is 372 g/mol. The summed E-state index contributed by atoms with van der Waals surface area (Å²) in [4.78, 5) is 2.40. The maximum absolute atomic E-state index is 11.0. The fourth-order valence-electron chi connectivity index (χ4n) is 4.04. The summed E-state index contributed by atoms with van der Waals surface area (Å²) in [6.07, 6.45) is 3.12. The van der Waals surface area contributed by atoms with Crippen molar-refractivity contribution in [2.75, 3.05) is 46.6 Å². The van der Waals surface area contributed by atoms with E-state index in [-0.39, 0.29) is 6.10 Å². The highest BCUT2D eigenvalue weighted by molar-refractivity contribution is 5.60. The van der Waals surface area contributed by atoms with Crippen LogP contribution < -0.4 is 4.74 Å². The van der Waals surface area contributed by atoms with E-state index in [1.165, 1.54) is 0 Å². The Kier molecular flexibility index (Phi) is 6.50. The monoisotopic (exact) mass is 402 g/mol. The van der Waals surface area contributed by atoms with Crippen molar-refractivity contribution in [2.24, 2.45) is 0 Å². The summed E-state index contributed by atoms with van der Waals surface area (Å²) in [5.74, 6) is 1.50. The Balaban J connectivity index is 1.28. The van der Waals surface area contributed by atoms with Crippen LogP contribution in [0.5, 0.6) is 5.75 Å². The number of aliphatic hydroxyl groups is 1. The molecule has 0 saturated carbocycles. The standard InChI is InChI=1S/C22H30N2O5/c1-26-18-4-2-3-17(13-18)21-14-20(29-23-21)15-22(25)6-9-24(10-7-22)8-5-19-16-27-11-12-28-19/h2-4,13-14,19,25H,5-12,15-16H2,1H3. The van der Waals surface area contributed by atoms with E-state index in [1.54, 1.807) is 7.11 Å². The van der Waals surface area contributed by atoms with E-state index >= 15 is 0 Å². The number of benzene rings is 1. The van der Waals surface area contributed by atoms with Crippen molar-refractivity contribution >= 4 is 0 Å². The molecule has 0 spiro atoms. The zero-order valence-corrected chi connectivity index (χ0v) is 17.0. The third kappa shape index (κ3) is 5.36.